The molecule has 0 saturated carbocycles. The summed E-state index contributed by atoms with van der Waals surface area (Å²) in [4.78, 5) is 42.4. The molecule has 1 fully saturated rings. The van der Waals surface area contributed by atoms with Gasteiger partial charge in [0.15, 0.2) is 0 Å². The summed E-state index contributed by atoms with van der Waals surface area (Å²) in [6, 6.07) is 18.1. The molecule has 0 amide bonds. The smallest absolute Gasteiger partial charge is 0.338 e. The van der Waals surface area contributed by atoms with E-state index in [-0.39, 0.29) is 46.9 Å². The molecule has 1 atom stereocenters. The molecule has 0 aliphatic carbocycles. The molecular weight excluding hydrogens is 636 g/mol. The summed E-state index contributed by atoms with van der Waals surface area (Å²) in [5.41, 5.74) is 8.54. The molecule has 11 nitrogen and oxygen atoms in total. The van der Waals surface area contributed by atoms with E-state index in [1.807, 2.05) is 0 Å². The molecule has 0 aromatic heterocycles. The molecule has 0 spiro atoms. The lowest BCUT2D eigenvalue weighted by Gasteiger charge is -2.39. The maximum absolute atomic E-state index is 13.7. The fourth-order valence-electron chi connectivity index (χ4n) is 6.28. The van der Waals surface area contributed by atoms with Crippen molar-refractivity contribution in [2.45, 2.75) is 38.8 Å². The van der Waals surface area contributed by atoms with Gasteiger partial charge in [0.1, 0.15) is 24.1 Å². The van der Waals surface area contributed by atoms with Gasteiger partial charge < -0.3 is 20.5 Å². The minimum atomic E-state index is -1.07. The summed E-state index contributed by atoms with van der Waals surface area (Å²) in [6.45, 7) is 8.06. The number of nitrogens with one attached hydrogen (secondary N) is 1. The number of carbonyl (C=O) groups is 2. The van der Waals surface area contributed by atoms with E-state index >= 15 is 0 Å². The highest BCUT2D eigenvalue weighted by molar-refractivity contribution is 6.00. The lowest BCUT2D eigenvalue weighted by molar-refractivity contribution is -0.384. The predicted molar refractivity (Wildman–Crippen MR) is 178 cm³/mol. The van der Waals surface area contributed by atoms with Gasteiger partial charge in [-0.2, -0.15) is 0 Å². The van der Waals surface area contributed by atoms with Crippen LogP contribution in [0.1, 0.15) is 49.4 Å². The fraction of sp³-hybridized carbons (Fsp3) is 0.333. The minimum Gasteiger partial charge on any atom is -0.461 e. The van der Waals surface area contributed by atoms with Gasteiger partial charge in [-0.25, -0.2) is 18.4 Å². The van der Waals surface area contributed by atoms with Gasteiger partial charge in [0.25, 0.3) is 5.69 Å². The summed E-state index contributed by atoms with van der Waals surface area (Å²) in [7, 11) is 0. The number of ether oxygens (including phenoxy) is 2. The van der Waals surface area contributed by atoms with Gasteiger partial charge in [-0.1, -0.05) is 36.4 Å². The van der Waals surface area contributed by atoms with Crippen molar-refractivity contribution in [2.75, 3.05) is 39.3 Å². The Morgan fingerprint density at radius 2 is 1.53 bits per heavy atom. The molecule has 3 N–H and O–H groups in total. The highest BCUT2D eigenvalue weighted by atomic mass is 19.1. The summed E-state index contributed by atoms with van der Waals surface area (Å²) >= 11 is 0. The van der Waals surface area contributed by atoms with Gasteiger partial charge in [0, 0.05) is 50.6 Å². The van der Waals surface area contributed by atoms with Gasteiger partial charge in [-0.15, -0.1) is 0 Å². The van der Waals surface area contributed by atoms with Crippen molar-refractivity contribution >= 4 is 17.6 Å². The predicted octanol–water partition coefficient (Wildman–Crippen LogP) is 4.91. The van der Waals surface area contributed by atoms with Crippen LogP contribution in [0.15, 0.2) is 95.5 Å². The summed E-state index contributed by atoms with van der Waals surface area (Å²) in [5, 5.41) is 14.5. The summed E-state index contributed by atoms with van der Waals surface area (Å²) in [5.74, 6) is -3.22. The Bertz CT molecular complexity index is 1710. The second kappa shape index (κ2) is 15.4. The van der Waals surface area contributed by atoms with Crippen molar-refractivity contribution in [1.29, 1.82) is 0 Å². The maximum Gasteiger partial charge on any atom is 0.338 e. The Balaban J connectivity index is 1.28. The number of rotatable bonds is 11. The third kappa shape index (κ3) is 8.30. The Morgan fingerprint density at radius 3 is 2.08 bits per heavy atom. The average molecular weight is 676 g/mol. The average Bonchev–Trinajstić information content (AvgIpc) is 3.06. The quantitative estimate of drug-likeness (QED) is 0.164. The number of nitrogens with two attached hydrogens (primary N) is 1. The molecular formula is C36H39F2N5O6. The van der Waals surface area contributed by atoms with E-state index in [0.29, 0.717) is 44.0 Å². The van der Waals surface area contributed by atoms with E-state index in [0.717, 1.165) is 11.1 Å². The Kier molecular flexibility index (Phi) is 11.0. The normalized spacial score (nSPS) is 17.3. The largest absolute Gasteiger partial charge is 0.461 e. The van der Waals surface area contributed by atoms with Crippen LogP contribution in [0, 0.1) is 21.7 Å². The number of allylic oxidation sites excluding steroid dienone is 1. The number of nitro benzene ring substituents is 1. The van der Waals surface area contributed by atoms with E-state index in [1.54, 1.807) is 51.1 Å². The molecule has 5 rings (SSSR count). The molecule has 258 valence electrons. The number of non-ortho nitro benzene ring substituents is 1. The van der Waals surface area contributed by atoms with Crippen LogP contribution in [0.3, 0.4) is 0 Å². The van der Waals surface area contributed by atoms with E-state index in [1.165, 1.54) is 42.5 Å². The van der Waals surface area contributed by atoms with Crippen molar-refractivity contribution in [3.05, 3.63) is 134 Å². The van der Waals surface area contributed by atoms with Crippen LogP contribution in [0.4, 0.5) is 14.5 Å². The van der Waals surface area contributed by atoms with E-state index in [9.17, 15) is 28.5 Å². The number of hydrogen-bond donors (Lipinski definition) is 2. The first-order valence-corrected chi connectivity index (χ1v) is 16.0. The Morgan fingerprint density at radius 1 is 0.939 bits per heavy atom. The van der Waals surface area contributed by atoms with Gasteiger partial charge in [-0.3, -0.25) is 19.9 Å². The van der Waals surface area contributed by atoms with Crippen LogP contribution < -0.4 is 11.1 Å². The lowest BCUT2D eigenvalue weighted by atomic mass is 9.81. The van der Waals surface area contributed by atoms with Crippen LogP contribution in [-0.4, -0.2) is 72.1 Å². The van der Waals surface area contributed by atoms with Gasteiger partial charge in [0.2, 0.25) is 0 Å². The second-order valence-corrected chi connectivity index (χ2v) is 12.2. The maximum atomic E-state index is 13.7. The van der Waals surface area contributed by atoms with Crippen molar-refractivity contribution in [1.82, 2.24) is 15.1 Å². The molecule has 2 aliphatic rings. The van der Waals surface area contributed by atoms with Crippen molar-refractivity contribution < 1.29 is 32.8 Å². The highest BCUT2D eigenvalue weighted by Crippen LogP contribution is 2.39. The molecule has 3 aromatic carbocycles. The SMILES string of the molecule is CC1=C(C(=O)OCCN2CCN(C(c3ccc(F)cc3)c3ccc(F)cc3)CC2)C(c2cccc([N+](=O)[O-])c2)C(C(=O)OC(C)C)=C(N)N1. The summed E-state index contributed by atoms with van der Waals surface area (Å²) in [6.07, 6.45) is -0.483. The van der Waals surface area contributed by atoms with Crippen molar-refractivity contribution in [3.8, 4) is 0 Å². The third-order valence-electron chi connectivity index (χ3n) is 8.57. The van der Waals surface area contributed by atoms with Gasteiger partial charge >= 0.3 is 11.9 Å². The molecule has 2 aliphatic heterocycles. The van der Waals surface area contributed by atoms with Gasteiger partial charge in [0.05, 0.1) is 34.1 Å². The zero-order valence-electron chi connectivity index (χ0n) is 27.5. The van der Waals surface area contributed by atoms with E-state index < -0.39 is 28.9 Å². The number of nitro groups is 1. The standard InChI is InChI=1S/C36H39F2N5O6/c1-22(2)49-36(45)32-31(26-5-4-6-29(21-26)43(46)47)30(23(3)40-34(32)39)35(44)48-20-19-41-15-17-42(18-16-41)33(24-7-11-27(37)12-8-24)25-9-13-28(38)14-10-25/h4-14,21-22,31,33,40H,15-20,39H2,1-3H3. The number of hydrogen-bond acceptors (Lipinski definition) is 10. The first-order chi connectivity index (χ1) is 23.4. The van der Waals surface area contributed by atoms with E-state index in [4.69, 9.17) is 15.2 Å². The van der Waals surface area contributed by atoms with Crippen LogP contribution in [0.2, 0.25) is 0 Å². The first-order valence-electron chi connectivity index (χ1n) is 16.0. The molecule has 0 bridgehead atoms. The Hall–Kier alpha value is -5.14. The number of nitrogens with zero attached hydrogens (tertiary/aromatic N) is 3. The van der Waals surface area contributed by atoms with Crippen molar-refractivity contribution in [3.63, 3.8) is 0 Å². The second-order valence-electron chi connectivity index (χ2n) is 12.2. The molecule has 0 radical (unpaired) electrons. The third-order valence-corrected chi connectivity index (χ3v) is 8.57. The number of benzene rings is 3. The topological polar surface area (TPSA) is 140 Å². The summed E-state index contributed by atoms with van der Waals surface area (Å²) < 4.78 is 38.6. The van der Waals surface area contributed by atoms with E-state index in [2.05, 4.69) is 15.1 Å². The molecule has 49 heavy (non-hydrogen) atoms. The van der Waals surface area contributed by atoms with Crippen LogP contribution in [0.25, 0.3) is 0 Å². The zero-order valence-corrected chi connectivity index (χ0v) is 27.5. The molecule has 1 saturated heterocycles. The highest BCUT2D eigenvalue weighted by Gasteiger charge is 2.39. The molecule has 1 unspecified atom stereocenters. The number of dihydropyridines is 1. The van der Waals surface area contributed by atoms with Crippen molar-refractivity contribution in [2.24, 2.45) is 5.73 Å². The number of piperazine rings is 1. The molecule has 13 heteroatoms. The number of halogens is 2. The van der Waals surface area contributed by atoms with Crippen LogP contribution >= 0.6 is 0 Å². The Labute approximate surface area is 283 Å². The monoisotopic (exact) mass is 675 g/mol. The molecule has 3 aromatic rings. The minimum absolute atomic E-state index is 0.0198. The lowest BCUT2D eigenvalue weighted by Crippen LogP contribution is -2.48. The van der Waals surface area contributed by atoms with Gasteiger partial charge in [-0.05, 0) is 61.7 Å². The first kappa shape index (κ1) is 35.2. The molecule has 2 heterocycles. The number of esters is 2. The number of carbonyl (C=O) groups excluding carboxylic acids is 2. The zero-order chi connectivity index (χ0) is 35.2. The van der Waals surface area contributed by atoms with Crippen LogP contribution in [-0.2, 0) is 19.1 Å². The van der Waals surface area contributed by atoms with Crippen LogP contribution in [0.5, 0.6) is 0 Å². The fourth-order valence-corrected chi connectivity index (χ4v) is 6.28.